The van der Waals surface area contributed by atoms with Gasteiger partial charge < -0.3 is 20.0 Å². The lowest BCUT2D eigenvalue weighted by Crippen LogP contribution is -2.33. The Kier molecular flexibility index (Phi) is 4.71. The van der Waals surface area contributed by atoms with Gasteiger partial charge in [-0.25, -0.2) is 0 Å². The molecule has 5 nitrogen and oxygen atoms in total. The van der Waals surface area contributed by atoms with Gasteiger partial charge in [-0.05, 0) is 24.1 Å². The number of rotatable bonds is 5. The number of carbonyl (C=O) groups is 2. The summed E-state index contributed by atoms with van der Waals surface area (Å²) in [6, 6.07) is 4.68. The van der Waals surface area contributed by atoms with Crippen molar-refractivity contribution in [3.8, 4) is 5.75 Å². The fraction of sp³-hybridized carbons (Fsp3) is 0.385. The van der Waals surface area contributed by atoms with Crippen LogP contribution in [0.1, 0.15) is 30.5 Å². The second-order valence-corrected chi connectivity index (χ2v) is 4.06. The van der Waals surface area contributed by atoms with Crippen LogP contribution in [0.3, 0.4) is 0 Å². The Bertz CT molecular complexity index is 440. The predicted molar refractivity (Wildman–Crippen MR) is 63.9 cm³/mol. The van der Waals surface area contributed by atoms with Crippen molar-refractivity contribution in [1.82, 2.24) is 5.32 Å². The highest BCUT2D eigenvalue weighted by Crippen LogP contribution is 2.24. The zero-order chi connectivity index (χ0) is 13.7. The lowest BCUT2D eigenvalue weighted by Gasteiger charge is -2.20. The molecule has 1 aromatic rings. The number of carboxylic acids is 1. The standard InChI is InChI=1S/C13H17NO4/c1-8-6-10(4-5-12(8)18-3)11(7-13(16)17)14-9(2)15/h4-6,11H,7H2,1-3H3,(H,14,15)(H,16,17)/p-1. The van der Waals surface area contributed by atoms with Crippen LogP contribution in [0.5, 0.6) is 5.75 Å². The first-order valence-electron chi connectivity index (χ1n) is 5.55. The van der Waals surface area contributed by atoms with Gasteiger partial charge >= 0.3 is 0 Å². The van der Waals surface area contributed by atoms with E-state index in [1.54, 1.807) is 25.3 Å². The molecule has 0 fully saturated rings. The number of aryl methyl sites for hydroxylation is 1. The maximum Gasteiger partial charge on any atom is 0.217 e. The van der Waals surface area contributed by atoms with Crippen molar-refractivity contribution >= 4 is 11.9 Å². The first kappa shape index (κ1) is 14.0. The summed E-state index contributed by atoms with van der Waals surface area (Å²) in [5.74, 6) is -0.772. The minimum Gasteiger partial charge on any atom is -0.550 e. The molecule has 5 heteroatoms. The van der Waals surface area contributed by atoms with E-state index < -0.39 is 12.0 Å². The van der Waals surface area contributed by atoms with Gasteiger partial charge in [0, 0.05) is 19.3 Å². The lowest BCUT2D eigenvalue weighted by atomic mass is 10.0. The van der Waals surface area contributed by atoms with Gasteiger partial charge in [-0.2, -0.15) is 0 Å². The molecule has 1 atom stereocenters. The van der Waals surface area contributed by atoms with Crippen molar-refractivity contribution in [3.05, 3.63) is 29.3 Å². The number of carboxylic acid groups (broad SMARTS) is 1. The summed E-state index contributed by atoms with van der Waals surface area (Å²) in [6.45, 7) is 3.20. The van der Waals surface area contributed by atoms with Gasteiger partial charge in [0.05, 0.1) is 13.2 Å². The molecule has 0 aliphatic rings. The van der Waals surface area contributed by atoms with E-state index in [1.165, 1.54) is 6.92 Å². The van der Waals surface area contributed by atoms with E-state index in [0.29, 0.717) is 11.3 Å². The number of hydrogen-bond acceptors (Lipinski definition) is 4. The summed E-state index contributed by atoms with van der Waals surface area (Å²) in [7, 11) is 1.56. The third-order valence-electron chi connectivity index (χ3n) is 2.57. The summed E-state index contributed by atoms with van der Waals surface area (Å²) in [5, 5.41) is 13.3. The number of amides is 1. The van der Waals surface area contributed by atoms with E-state index >= 15 is 0 Å². The predicted octanol–water partition coefficient (Wildman–Crippen LogP) is 0.321. The molecule has 98 valence electrons. The molecular weight excluding hydrogens is 234 g/mol. The monoisotopic (exact) mass is 250 g/mol. The third kappa shape index (κ3) is 3.76. The van der Waals surface area contributed by atoms with Crippen molar-refractivity contribution in [2.24, 2.45) is 0 Å². The highest BCUT2D eigenvalue weighted by molar-refractivity contribution is 5.75. The topological polar surface area (TPSA) is 78.5 Å². The maximum atomic E-state index is 11.1. The van der Waals surface area contributed by atoms with Gasteiger partial charge in [0.25, 0.3) is 0 Å². The summed E-state index contributed by atoms with van der Waals surface area (Å²) in [4.78, 5) is 21.8. The Morgan fingerprint density at radius 1 is 1.44 bits per heavy atom. The van der Waals surface area contributed by atoms with Gasteiger partial charge in [-0.3, -0.25) is 4.79 Å². The number of methoxy groups -OCH3 is 1. The molecule has 1 aromatic carbocycles. The Morgan fingerprint density at radius 2 is 2.11 bits per heavy atom. The van der Waals surface area contributed by atoms with E-state index in [2.05, 4.69) is 5.32 Å². The molecule has 0 aromatic heterocycles. The van der Waals surface area contributed by atoms with Crippen molar-refractivity contribution in [3.63, 3.8) is 0 Å². The van der Waals surface area contributed by atoms with Gasteiger partial charge in [0.1, 0.15) is 5.75 Å². The Balaban J connectivity index is 3.00. The zero-order valence-electron chi connectivity index (χ0n) is 10.6. The van der Waals surface area contributed by atoms with Crippen LogP contribution in [0.4, 0.5) is 0 Å². The SMILES string of the molecule is COc1ccc(C(CC(=O)[O-])NC(C)=O)cc1C. The largest absolute Gasteiger partial charge is 0.550 e. The van der Waals surface area contributed by atoms with E-state index in [1.807, 2.05) is 6.92 Å². The Labute approximate surface area is 106 Å². The van der Waals surface area contributed by atoms with Crippen molar-refractivity contribution < 1.29 is 19.4 Å². The van der Waals surface area contributed by atoms with Crippen LogP contribution < -0.4 is 15.2 Å². The molecule has 18 heavy (non-hydrogen) atoms. The minimum absolute atomic E-state index is 0.259. The lowest BCUT2D eigenvalue weighted by molar-refractivity contribution is -0.306. The fourth-order valence-electron chi connectivity index (χ4n) is 1.78. The summed E-state index contributed by atoms with van der Waals surface area (Å²) >= 11 is 0. The highest BCUT2D eigenvalue weighted by Gasteiger charge is 2.14. The number of aliphatic carboxylic acids is 1. The van der Waals surface area contributed by atoms with Gasteiger partial charge in [-0.15, -0.1) is 0 Å². The number of carbonyl (C=O) groups excluding carboxylic acids is 2. The first-order chi connectivity index (χ1) is 8.43. The molecule has 0 radical (unpaired) electrons. The van der Waals surface area contributed by atoms with E-state index in [9.17, 15) is 14.7 Å². The summed E-state index contributed by atoms with van der Waals surface area (Å²) in [6.07, 6.45) is -0.259. The number of nitrogens with one attached hydrogen (secondary N) is 1. The van der Waals surface area contributed by atoms with Crippen LogP contribution in [-0.4, -0.2) is 19.0 Å². The maximum absolute atomic E-state index is 11.1. The average Bonchev–Trinajstić information content (AvgIpc) is 2.26. The van der Waals surface area contributed by atoms with E-state index in [0.717, 1.165) is 5.56 Å². The number of ether oxygens (including phenoxy) is 1. The van der Waals surface area contributed by atoms with Crippen LogP contribution >= 0.6 is 0 Å². The molecule has 0 saturated carbocycles. The molecule has 1 unspecified atom stereocenters. The molecule has 1 amide bonds. The van der Waals surface area contributed by atoms with Crippen molar-refractivity contribution in [2.75, 3.05) is 7.11 Å². The van der Waals surface area contributed by atoms with Gasteiger partial charge in [-0.1, -0.05) is 12.1 Å². The second-order valence-electron chi connectivity index (χ2n) is 4.06. The molecule has 0 aliphatic heterocycles. The fourth-order valence-corrected chi connectivity index (χ4v) is 1.78. The first-order valence-corrected chi connectivity index (χ1v) is 5.55. The quantitative estimate of drug-likeness (QED) is 0.816. The van der Waals surface area contributed by atoms with Crippen LogP contribution in [0, 0.1) is 6.92 Å². The highest BCUT2D eigenvalue weighted by atomic mass is 16.5. The number of benzene rings is 1. The second kappa shape index (κ2) is 6.05. The van der Waals surface area contributed by atoms with Crippen LogP contribution in [-0.2, 0) is 9.59 Å². The molecular formula is C13H16NO4-. The molecule has 1 N–H and O–H groups in total. The van der Waals surface area contributed by atoms with Crippen LogP contribution in [0.15, 0.2) is 18.2 Å². The van der Waals surface area contributed by atoms with Crippen molar-refractivity contribution in [2.45, 2.75) is 26.3 Å². The molecule has 0 heterocycles. The summed E-state index contributed by atoms with van der Waals surface area (Å²) in [5.41, 5.74) is 1.59. The zero-order valence-corrected chi connectivity index (χ0v) is 10.6. The molecule has 0 aliphatic carbocycles. The van der Waals surface area contributed by atoms with Gasteiger partial charge in [0.15, 0.2) is 0 Å². The Hall–Kier alpha value is -2.04. The number of hydrogen-bond donors (Lipinski definition) is 1. The molecule has 1 rings (SSSR count). The Morgan fingerprint density at radius 3 is 2.56 bits per heavy atom. The average molecular weight is 250 g/mol. The molecule has 0 bridgehead atoms. The summed E-state index contributed by atoms with van der Waals surface area (Å²) < 4.78 is 5.13. The van der Waals surface area contributed by atoms with Gasteiger partial charge in [0.2, 0.25) is 5.91 Å². The van der Waals surface area contributed by atoms with Crippen molar-refractivity contribution in [1.29, 1.82) is 0 Å². The van der Waals surface area contributed by atoms with Crippen LogP contribution in [0.2, 0.25) is 0 Å². The normalized spacial score (nSPS) is 11.7. The molecule has 0 spiro atoms. The minimum atomic E-state index is -1.21. The van der Waals surface area contributed by atoms with E-state index in [4.69, 9.17) is 4.74 Å². The van der Waals surface area contributed by atoms with Crippen LogP contribution in [0.25, 0.3) is 0 Å². The molecule has 0 saturated heterocycles. The third-order valence-corrected chi connectivity index (χ3v) is 2.57. The smallest absolute Gasteiger partial charge is 0.217 e. The van der Waals surface area contributed by atoms with E-state index in [-0.39, 0.29) is 12.3 Å².